The first kappa shape index (κ1) is 13.7. The van der Waals surface area contributed by atoms with E-state index in [9.17, 15) is 0 Å². The largest absolute Gasteiger partial charge is 0.0853 e. The molecule has 0 saturated carbocycles. The van der Waals surface area contributed by atoms with E-state index in [0.717, 1.165) is 0 Å². The Balaban J connectivity index is 3.69. The van der Waals surface area contributed by atoms with E-state index in [1.54, 1.807) is 5.57 Å². The van der Waals surface area contributed by atoms with Gasteiger partial charge >= 0.3 is 0 Å². The van der Waals surface area contributed by atoms with Crippen LogP contribution in [0.1, 0.15) is 78.6 Å². The Morgan fingerprint density at radius 1 is 0.786 bits per heavy atom. The van der Waals surface area contributed by atoms with E-state index in [1.807, 2.05) is 0 Å². The third-order valence-electron chi connectivity index (χ3n) is 2.66. The molecule has 0 aliphatic carbocycles. The molecule has 0 aromatic heterocycles. The molecule has 0 aromatic carbocycles. The van der Waals surface area contributed by atoms with Gasteiger partial charge < -0.3 is 0 Å². The maximum Gasteiger partial charge on any atom is -0.0320 e. The molecule has 0 aromatic rings. The summed E-state index contributed by atoms with van der Waals surface area (Å²) in [5.41, 5.74) is 1.72. The maximum absolute atomic E-state index is 2.50. The third kappa shape index (κ3) is 8.34. The van der Waals surface area contributed by atoms with Gasteiger partial charge in [-0.15, -0.1) is 0 Å². The second kappa shape index (κ2) is 10.8. The summed E-state index contributed by atoms with van der Waals surface area (Å²) in [6.07, 6.45) is 14.6. The van der Waals surface area contributed by atoms with Crippen LogP contribution in [0.15, 0.2) is 11.6 Å². The lowest BCUT2D eigenvalue weighted by atomic mass is 10.0. The second-order valence-electron chi connectivity index (χ2n) is 4.21. The van der Waals surface area contributed by atoms with Crippen LogP contribution in [0.3, 0.4) is 0 Å². The molecule has 0 unspecified atom stereocenters. The van der Waals surface area contributed by atoms with Crippen LogP contribution in [-0.4, -0.2) is 0 Å². The fraction of sp³-hybridized carbons (Fsp3) is 0.857. The van der Waals surface area contributed by atoms with Gasteiger partial charge in [-0.3, -0.25) is 0 Å². The highest BCUT2D eigenvalue weighted by atomic mass is 14.0. The van der Waals surface area contributed by atoms with Crippen LogP contribution in [0.5, 0.6) is 0 Å². The van der Waals surface area contributed by atoms with Crippen molar-refractivity contribution in [1.82, 2.24) is 0 Å². The van der Waals surface area contributed by atoms with Crippen LogP contribution in [0, 0.1) is 0 Å². The Bertz CT molecular complexity index is 133. The molecule has 0 saturated heterocycles. The number of hydrogen-bond donors (Lipinski definition) is 0. The minimum Gasteiger partial charge on any atom is -0.0853 e. The monoisotopic (exact) mass is 196 g/mol. The van der Waals surface area contributed by atoms with Gasteiger partial charge in [-0.25, -0.2) is 0 Å². The van der Waals surface area contributed by atoms with Crippen LogP contribution in [-0.2, 0) is 0 Å². The molecule has 0 atom stereocenters. The summed E-state index contributed by atoms with van der Waals surface area (Å²) >= 11 is 0. The van der Waals surface area contributed by atoms with Gasteiger partial charge in [-0.05, 0) is 25.7 Å². The van der Waals surface area contributed by atoms with Crippen molar-refractivity contribution in [3.63, 3.8) is 0 Å². The molecule has 0 fully saturated rings. The molecule has 0 amide bonds. The minimum atomic E-state index is 1.30. The van der Waals surface area contributed by atoms with Crippen LogP contribution in [0.25, 0.3) is 0 Å². The Kier molecular flexibility index (Phi) is 10.6. The van der Waals surface area contributed by atoms with Crippen molar-refractivity contribution in [1.29, 1.82) is 0 Å². The second-order valence-corrected chi connectivity index (χ2v) is 4.21. The summed E-state index contributed by atoms with van der Waals surface area (Å²) in [6, 6.07) is 0. The van der Waals surface area contributed by atoms with Crippen molar-refractivity contribution in [2.75, 3.05) is 0 Å². The lowest BCUT2D eigenvalue weighted by Crippen LogP contribution is -1.85. The molecule has 0 radical (unpaired) electrons. The molecular formula is C14H28. The molecule has 14 heavy (non-hydrogen) atoms. The maximum atomic E-state index is 2.50. The third-order valence-corrected chi connectivity index (χ3v) is 2.66. The van der Waals surface area contributed by atoms with Gasteiger partial charge in [-0.1, -0.05) is 64.5 Å². The Morgan fingerprint density at radius 2 is 1.50 bits per heavy atom. The van der Waals surface area contributed by atoms with Gasteiger partial charge in [0.05, 0.1) is 0 Å². The SMILES string of the molecule is CCCC/C=C(/CCC)CCCCC. The van der Waals surface area contributed by atoms with E-state index in [4.69, 9.17) is 0 Å². The molecule has 0 rings (SSSR count). The van der Waals surface area contributed by atoms with Crippen LogP contribution in [0.2, 0.25) is 0 Å². The van der Waals surface area contributed by atoms with Gasteiger partial charge in [0.15, 0.2) is 0 Å². The topological polar surface area (TPSA) is 0 Å². The summed E-state index contributed by atoms with van der Waals surface area (Å²) < 4.78 is 0. The average Bonchev–Trinajstić information content (AvgIpc) is 2.18. The zero-order chi connectivity index (χ0) is 10.6. The standard InChI is InChI=1S/C14H28/c1-4-7-9-12-14(11-6-3)13-10-8-5-2/h12H,4-11,13H2,1-3H3/b14-12-. The molecule has 0 aliphatic rings. The molecule has 0 nitrogen and oxygen atoms in total. The highest BCUT2D eigenvalue weighted by molar-refractivity contribution is 5.01. The van der Waals surface area contributed by atoms with Gasteiger partial charge in [0.2, 0.25) is 0 Å². The van der Waals surface area contributed by atoms with Crippen LogP contribution >= 0.6 is 0 Å². The van der Waals surface area contributed by atoms with E-state index in [-0.39, 0.29) is 0 Å². The van der Waals surface area contributed by atoms with Crippen molar-refractivity contribution in [2.45, 2.75) is 78.6 Å². The molecule has 0 heterocycles. The van der Waals surface area contributed by atoms with Crippen molar-refractivity contribution < 1.29 is 0 Å². The molecule has 0 aliphatic heterocycles. The highest BCUT2D eigenvalue weighted by Crippen LogP contribution is 2.16. The van der Waals surface area contributed by atoms with E-state index in [0.29, 0.717) is 0 Å². The van der Waals surface area contributed by atoms with E-state index >= 15 is 0 Å². The Hall–Kier alpha value is -0.260. The molecular weight excluding hydrogens is 168 g/mol. The zero-order valence-corrected chi connectivity index (χ0v) is 10.4. The quantitative estimate of drug-likeness (QED) is 0.338. The van der Waals surface area contributed by atoms with Crippen molar-refractivity contribution in [2.24, 2.45) is 0 Å². The minimum absolute atomic E-state index is 1.30. The number of allylic oxidation sites excluding steroid dienone is 2. The Morgan fingerprint density at radius 3 is 2.07 bits per heavy atom. The lowest BCUT2D eigenvalue weighted by Gasteiger charge is -2.05. The van der Waals surface area contributed by atoms with Crippen molar-refractivity contribution in [3.8, 4) is 0 Å². The zero-order valence-electron chi connectivity index (χ0n) is 10.4. The molecule has 84 valence electrons. The highest BCUT2D eigenvalue weighted by Gasteiger charge is 1.95. The van der Waals surface area contributed by atoms with Crippen LogP contribution < -0.4 is 0 Å². The summed E-state index contributed by atoms with van der Waals surface area (Å²) in [5, 5.41) is 0. The molecule has 0 N–H and O–H groups in total. The fourth-order valence-corrected chi connectivity index (χ4v) is 1.76. The number of unbranched alkanes of at least 4 members (excludes halogenated alkanes) is 4. The van der Waals surface area contributed by atoms with E-state index in [1.165, 1.54) is 57.8 Å². The van der Waals surface area contributed by atoms with Gasteiger partial charge in [0.1, 0.15) is 0 Å². The first-order chi connectivity index (χ1) is 6.85. The average molecular weight is 196 g/mol. The van der Waals surface area contributed by atoms with Gasteiger partial charge in [0.25, 0.3) is 0 Å². The summed E-state index contributed by atoms with van der Waals surface area (Å²) in [6.45, 7) is 6.83. The fourth-order valence-electron chi connectivity index (χ4n) is 1.76. The van der Waals surface area contributed by atoms with Crippen LogP contribution in [0.4, 0.5) is 0 Å². The number of rotatable bonds is 9. The first-order valence-electron chi connectivity index (χ1n) is 6.53. The summed E-state index contributed by atoms with van der Waals surface area (Å²) in [4.78, 5) is 0. The molecule has 0 spiro atoms. The molecule has 0 heteroatoms. The van der Waals surface area contributed by atoms with E-state index in [2.05, 4.69) is 26.8 Å². The van der Waals surface area contributed by atoms with E-state index < -0.39 is 0 Å². The Labute approximate surface area is 90.8 Å². The van der Waals surface area contributed by atoms with Gasteiger partial charge in [0, 0.05) is 0 Å². The normalized spacial score (nSPS) is 12.1. The van der Waals surface area contributed by atoms with Crippen molar-refractivity contribution >= 4 is 0 Å². The smallest absolute Gasteiger partial charge is 0.0320 e. The first-order valence-corrected chi connectivity index (χ1v) is 6.53. The van der Waals surface area contributed by atoms with Gasteiger partial charge in [-0.2, -0.15) is 0 Å². The summed E-state index contributed by atoms with van der Waals surface area (Å²) in [7, 11) is 0. The number of hydrogen-bond acceptors (Lipinski definition) is 0. The predicted octanol–water partition coefficient (Wildman–Crippen LogP) is 5.48. The summed E-state index contributed by atoms with van der Waals surface area (Å²) in [5.74, 6) is 0. The lowest BCUT2D eigenvalue weighted by molar-refractivity contribution is 0.685. The predicted molar refractivity (Wildman–Crippen MR) is 66.7 cm³/mol. The van der Waals surface area contributed by atoms with Crippen molar-refractivity contribution in [3.05, 3.63) is 11.6 Å². The molecule has 0 bridgehead atoms.